The number of ether oxygens (including phenoxy) is 1. The van der Waals surface area contributed by atoms with Crippen molar-refractivity contribution in [3.05, 3.63) is 38.4 Å². The first-order chi connectivity index (χ1) is 11.0. The summed E-state index contributed by atoms with van der Waals surface area (Å²) in [5.41, 5.74) is -0.228. The average molecular weight is 336 g/mol. The summed E-state index contributed by atoms with van der Waals surface area (Å²) in [6, 6.07) is 2.51. The van der Waals surface area contributed by atoms with Crippen molar-refractivity contribution in [2.24, 2.45) is 5.10 Å². The van der Waals surface area contributed by atoms with Gasteiger partial charge in [-0.15, -0.1) is 0 Å². The van der Waals surface area contributed by atoms with Gasteiger partial charge in [-0.25, -0.2) is 0 Å². The highest BCUT2D eigenvalue weighted by Crippen LogP contribution is 2.33. The monoisotopic (exact) mass is 336 g/mol. The quantitative estimate of drug-likeness (QED) is 0.371. The maximum absolute atomic E-state index is 11.8. The summed E-state index contributed by atoms with van der Waals surface area (Å²) in [5, 5.41) is 33.6. The van der Waals surface area contributed by atoms with E-state index in [1.54, 1.807) is 0 Å². The fourth-order valence-electron chi connectivity index (χ4n) is 1.92. The third-order valence-electron chi connectivity index (χ3n) is 2.99. The van der Waals surface area contributed by atoms with E-state index in [1.165, 1.54) is 24.1 Å². The van der Waals surface area contributed by atoms with Gasteiger partial charge in [-0.2, -0.15) is 14.9 Å². The molecule has 0 amide bonds. The molecule has 23 heavy (non-hydrogen) atoms. The van der Waals surface area contributed by atoms with Gasteiger partial charge in [0.2, 0.25) is 4.77 Å². The van der Waals surface area contributed by atoms with Crippen LogP contribution in [0.25, 0.3) is 0 Å². The lowest BCUT2D eigenvalue weighted by Gasteiger charge is -2.12. The van der Waals surface area contributed by atoms with Crippen LogP contribution in [0.4, 0.5) is 5.69 Å². The minimum Gasteiger partial charge on any atom is -0.865 e. The largest absolute Gasteiger partial charge is 0.865 e. The number of nitrogens with zero attached hydrogens (tertiary/aromatic N) is 4. The van der Waals surface area contributed by atoms with Gasteiger partial charge in [0.15, 0.2) is 5.82 Å². The minimum atomic E-state index is -0.777. The summed E-state index contributed by atoms with van der Waals surface area (Å²) in [7, 11) is 1.27. The van der Waals surface area contributed by atoms with Gasteiger partial charge in [-0.1, -0.05) is 6.92 Å². The van der Waals surface area contributed by atoms with Crippen molar-refractivity contribution in [1.82, 2.24) is 14.9 Å². The number of nitro benzene ring substituents is 1. The third-order valence-corrected chi connectivity index (χ3v) is 3.25. The number of hydrogen-bond donors (Lipinski definition) is 1. The van der Waals surface area contributed by atoms with Crippen LogP contribution in [-0.2, 0) is 6.42 Å². The SMILES string of the molecule is CCCc1n[nH]c(=S)n1/N=C\c1cc(OC)c([O-])c([N+](=O)[O-])c1. The van der Waals surface area contributed by atoms with Crippen LogP contribution in [-0.4, -0.2) is 33.1 Å². The van der Waals surface area contributed by atoms with Crippen LogP contribution < -0.4 is 9.84 Å². The molecule has 0 fully saturated rings. The molecular weight excluding hydrogens is 322 g/mol. The minimum absolute atomic E-state index is 0.120. The van der Waals surface area contributed by atoms with Crippen LogP contribution in [0.2, 0.25) is 0 Å². The number of methoxy groups -OCH3 is 1. The standard InChI is InChI=1S/C13H15N5O4S/c1-3-4-11-15-16-13(23)17(11)14-7-8-5-9(18(20)21)12(19)10(6-8)22-2/h5-7,19H,3-4H2,1-2H3,(H,16,23)/p-1/b14-7-. The van der Waals surface area contributed by atoms with Gasteiger partial charge in [0.1, 0.15) is 5.75 Å². The summed E-state index contributed by atoms with van der Waals surface area (Å²) in [6.45, 7) is 1.99. The highest BCUT2D eigenvalue weighted by atomic mass is 32.1. The number of hydrogen-bond acceptors (Lipinski definition) is 7. The van der Waals surface area contributed by atoms with Crippen molar-refractivity contribution in [2.45, 2.75) is 19.8 Å². The molecule has 1 aromatic carbocycles. The maximum Gasteiger partial charge on any atom is 0.266 e. The van der Waals surface area contributed by atoms with Crippen molar-refractivity contribution in [1.29, 1.82) is 0 Å². The zero-order valence-corrected chi connectivity index (χ0v) is 13.3. The number of nitro groups is 1. The third kappa shape index (κ3) is 3.54. The van der Waals surface area contributed by atoms with E-state index >= 15 is 0 Å². The molecule has 1 heterocycles. The Balaban J connectivity index is 2.44. The Morgan fingerprint density at radius 2 is 2.30 bits per heavy atom. The average Bonchev–Trinajstić information content (AvgIpc) is 2.86. The number of nitrogens with one attached hydrogen (secondary N) is 1. The predicted molar refractivity (Wildman–Crippen MR) is 83.5 cm³/mol. The number of H-pyrrole nitrogens is 1. The van der Waals surface area contributed by atoms with Gasteiger partial charge >= 0.3 is 0 Å². The number of benzene rings is 1. The van der Waals surface area contributed by atoms with Crippen LogP contribution in [0.15, 0.2) is 17.2 Å². The smallest absolute Gasteiger partial charge is 0.266 e. The van der Waals surface area contributed by atoms with Gasteiger partial charge in [0, 0.05) is 23.8 Å². The topological polar surface area (TPSA) is 121 Å². The molecule has 1 aromatic heterocycles. The first-order valence-electron chi connectivity index (χ1n) is 6.72. The zero-order valence-electron chi connectivity index (χ0n) is 12.5. The summed E-state index contributed by atoms with van der Waals surface area (Å²) >= 11 is 5.09. The zero-order chi connectivity index (χ0) is 17.0. The second kappa shape index (κ2) is 7.01. The van der Waals surface area contributed by atoms with Crippen molar-refractivity contribution >= 4 is 24.1 Å². The van der Waals surface area contributed by atoms with Crippen molar-refractivity contribution in [3.63, 3.8) is 0 Å². The first-order valence-corrected chi connectivity index (χ1v) is 7.12. The Morgan fingerprint density at radius 3 is 2.91 bits per heavy atom. The van der Waals surface area contributed by atoms with E-state index < -0.39 is 16.4 Å². The van der Waals surface area contributed by atoms with Crippen LogP contribution in [0.1, 0.15) is 24.7 Å². The highest BCUT2D eigenvalue weighted by Gasteiger charge is 2.13. The molecule has 2 aromatic rings. The van der Waals surface area contributed by atoms with Crippen molar-refractivity contribution in [3.8, 4) is 11.5 Å². The van der Waals surface area contributed by atoms with Gasteiger partial charge < -0.3 is 9.84 Å². The Hall–Kier alpha value is -2.75. The molecule has 0 saturated carbocycles. The van der Waals surface area contributed by atoms with Gasteiger partial charge in [-0.3, -0.25) is 15.2 Å². The Labute approximate surface area is 136 Å². The molecule has 2 rings (SSSR count). The Morgan fingerprint density at radius 1 is 1.57 bits per heavy atom. The second-order valence-corrected chi connectivity index (χ2v) is 4.97. The summed E-state index contributed by atoms with van der Waals surface area (Å²) < 4.78 is 6.62. The van der Waals surface area contributed by atoms with E-state index in [1.807, 2.05) is 6.92 Å². The van der Waals surface area contributed by atoms with E-state index in [4.69, 9.17) is 17.0 Å². The number of aromatic amines is 1. The van der Waals surface area contributed by atoms with E-state index in [0.29, 0.717) is 22.6 Å². The lowest BCUT2D eigenvalue weighted by molar-refractivity contribution is -0.398. The van der Waals surface area contributed by atoms with Crippen molar-refractivity contribution in [2.75, 3.05) is 7.11 Å². The fourth-order valence-corrected chi connectivity index (χ4v) is 2.12. The maximum atomic E-state index is 11.8. The summed E-state index contributed by atoms with van der Waals surface area (Å²) in [4.78, 5) is 10.2. The molecule has 0 unspecified atom stereocenters. The lowest BCUT2D eigenvalue weighted by Crippen LogP contribution is -2.03. The highest BCUT2D eigenvalue weighted by molar-refractivity contribution is 7.71. The van der Waals surface area contributed by atoms with Crippen LogP contribution in [0.3, 0.4) is 0 Å². The van der Waals surface area contributed by atoms with Gasteiger partial charge in [0.05, 0.1) is 18.2 Å². The van der Waals surface area contributed by atoms with E-state index in [-0.39, 0.29) is 5.75 Å². The molecule has 0 saturated heterocycles. The van der Waals surface area contributed by atoms with Crippen LogP contribution >= 0.6 is 12.2 Å². The summed E-state index contributed by atoms with van der Waals surface area (Å²) in [5.74, 6) is -0.248. The molecule has 0 atom stereocenters. The Bertz CT molecular complexity index is 811. The van der Waals surface area contributed by atoms with Crippen molar-refractivity contribution < 1.29 is 14.8 Å². The predicted octanol–water partition coefficient (Wildman–Crippen LogP) is 1.77. The van der Waals surface area contributed by atoms with Gasteiger partial charge in [-0.05, 0) is 24.7 Å². The molecule has 10 heteroatoms. The lowest BCUT2D eigenvalue weighted by atomic mass is 10.2. The molecule has 0 spiro atoms. The molecule has 0 radical (unpaired) electrons. The molecule has 122 valence electrons. The van der Waals surface area contributed by atoms with Gasteiger partial charge in [0.25, 0.3) is 5.69 Å². The normalized spacial score (nSPS) is 11.0. The van der Waals surface area contributed by atoms with Crippen LogP contribution in [0.5, 0.6) is 11.5 Å². The molecule has 0 aliphatic carbocycles. The Kier molecular flexibility index (Phi) is 5.06. The molecule has 0 aliphatic rings. The van der Waals surface area contributed by atoms with E-state index in [2.05, 4.69) is 15.3 Å². The second-order valence-electron chi connectivity index (χ2n) is 4.58. The molecule has 9 nitrogen and oxygen atoms in total. The summed E-state index contributed by atoms with van der Waals surface area (Å²) in [6.07, 6.45) is 2.90. The number of rotatable bonds is 6. The molecule has 0 bridgehead atoms. The molecule has 0 aliphatic heterocycles. The number of aromatic nitrogens is 3. The van der Waals surface area contributed by atoms with E-state index in [0.717, 1.165) is 12.5 Å². The molecule has 1 N–H and O–H groups in total. The van der Waals surface area contributed by atoms with Crippen LogP contribution in [0, 0.1) is 14.9 Å². The van der Waals surface area contributed by atoms with E-state index in [9.17, 15) is 15.2 Å². The number of aryl methyl sites for hydroxylation is 1. The fraction of sp³-hybridized carbons (Fsp3) is 0.308. The first kappa shape index (κ1) is 16.6. The molecular formula is C13H14N5O4S-.